The van der Waals surface area contributed by atoms with E-state index in [0.29, 0.717) is 11.9 Å². The number of hydrogen-bond donors (Lipinski definition) is 0. The quantitative estimate of drug-likeness (QED) is 0.573. The molecule has 0 unspecified atom stereocenters. The molecule has 0 amide bonds. The molecule has 1 aliphatic rings. The van der Waals surface area contributed by atoms with Crippen LogP contribution in [-0.4, -0.2) is 53.1 Å². The third kappa shape index (κ3) is 3.96. The van der Waals surface area contributed by atoms with Crippen molar-refractivity contribution in [1.29, 1.82) is 0 Å². The minimum Gasteiger partial charge on any atom is -0.379 e. The number of morpholine rings is 1. The fraction of sp³-hybridized carbons (Fsp3) is 0.500. The molecule has 0 aliphatic carbocycles. The maximum Gasteiger partial charge on any atom is 0.262 e. The molecular formula is C16H20BrN3O2S. The van der Waals surface area contributed by atoms with Gasteiger partial charge in [0.25, 0.3) is 5.56 Å². The lowest BCUT2D eigenvalue weighted by molar-refractivity contribution is 0.0410. The molecule has 0 spiro atoms. The molecular weight excluding hydrogens is 378 g/mol. The van der Waals surface area contributed by atoms with E-state index in [1.807, 2.05) is 25.1 Å². The maximum absolute atomic E-state index is 12.7. The Hall–Kier alpha value is -0.890. The second-order valence-corrected chi connectivity index (χ2v) is 7.39. The molecule has 3 rings (SSSR count). The van der Waals surface area contributed by atoms with Crippen molar-refractivity contribution in [2.24, 2.45) is 0 Å². The average Bonchev–Trinajstić information content (AvgIpc) is 2.57. The number of fused-ring (bicyclic) bond motifs is 1. The third-order valence-electron chi connectivity index (χ3n) is 3.94. The lowest BCUT2D eigenvalue weighted by Gasteiger charge is -2.26. The zero-order chi connectivity index (χ0) is 16.2. The highest BCUT2D eigenvalue weighted by Crippen LogP contribution is 2.20. The van der Waals surface area contributed by atoms with E-state index in [9.17, 15) is 4.79 Å². The number of ether oxygens (including phenoxy) is 1. The predicted octanol–water partition coefficient (Wildman–Crippen LogP) is 2.60. The number of thioether (sulfide) groups is 1. The molecule has 23 heavy (non-hydrogen) atoms. The van der Waals surface area contributed by atoms with Gasteiger partial charge in [-0.05, 0) is 25.1 Å². The Morgan fingerprint density at radius 1 is 1.35 bits per heavy atom. The van der Waals surface area contributed by atoms with Gasteiger partial charge in [0.2, 0.25) is 0 Å². The van der Waals surface area contributed by atoms with Crippen LogP contribution in [0.1, 0.15) is 6.92 Å². The zero-order valence-corrected chi connectivity index (χ0v) is 15.5. The average molecular weight is 398 g/mol. The second kappa shape index (κ2) is 7.79. The SMILES string of the molecule is CCn1c(SCCN2CCOCC2)nc2ccc(Br)cc2c1=O. The maximum atomic E-state index is 12.7. The van der Waals surface area contributed by atoms with Crippen LogP contribution >= 0.6 is 27.7 Å². The van der Waals surface area contributed by atoms with Crippen molar-refractivity contribution in [3.05, 3.63) is 33.0 Å². The van der Waals surface area contributed by atoms with Crippen LogP contribution in [-0.2, 0) is 11.3 Å². The van der Waals surface area contributed by atoms with Gasteiger partial charge < -0.3 is 4.74 Å². The minimum atomic E-state index is 0.0349. The number of halogens is 1. The molecule has 1 aromatic carbocycles. The van der Waals surface area contributed by atoms with Gasteiger partial charge >= 0.3 is 0 Å². The molecule has 0 bridgehead atoms. The van der Waals surface area contributed by atoms with Gasteiger partial charge in [-0.3, -0.25) is 14.3 Å². The van der Waals surface area contributed by atoms with Gasteiger partial charge in [0.05, 0.1) is 24.1 Å². The van der Waals surface area contributed by atoms with Gasteiger partial charge in [0.15, 0.2) is 5.16 Å². The molecule has 1 fully saturated rings. The van der Waals surface area contributed by atoms with Crippen LogP contribution < -0.4 is 5.56 Å². The Morgan fingerprint density at radius 3 is 2.87 bits per heavy atom. The summed E-state index contributed by atoms with van der Waals surface area (Å²) in [4.78, 5) is 19.7. The van der Waals surface area contributed by atoms with Crippen LogP contribution in [0.3, 0.4) is 0 Å². The summed E-state index contributed by atoms with van der Waals surface area (Å²) < 4.78 is 8.03. The van der Waals surface area contributed by atoms with E-state index < -0.39 is 0 Å². The topological polar surface area (TPSA) is 47.4 Å². The lowest BCUT2D eigenvalue weighted by atomic mass is 10.2. The minimum absolute atomic E-state index is 0.0349. The molecule has 124 valence electrons. The number of hydrogen-bond acceptors (Lipinski definition) is 5. The smallest absolute Gasteiger partial charge is 0.262 e. The fourth-order valence-electron chi connectivity index (χ4n) is 2.65. The number of nitrogens with zero attached hydrogens (tertiary/aromatic N) is 3. The molecule has 0 N–H and O–H groups in total. The summed E-state index contributed by atoms with van der Waals surface area (Å²) >= 11 is 5.08. The molecule has 1 aliphatic heterocycles. The molecule has 0 radical (unpaired) electrons. The first-order valence-electron chi connectivity index (χ1n) is 7.82. The Morgan fingerprint density at radius 2 is 2.13 bits per heavy atom. The van der Waals surface area contributed by atoms with Crippen molar-refractivity contribution in [1.82, 2.24) is 14.5 Å². The number of rotatable bonds is 5. The van der Waals surface area contributed by atoms with Crippen LogP contribution in [0.15, 0.2) is 32.6 Å². The van der Waals surface area contributed by atoms with Gasteiger partial charge in [-0.1, -0.05) is 27.7 Å². The zero-order valence-electron chi connectivity index (χ0n) is 13.1. The summed E-state index contributed by atoms with van der Waals surface area (Å²) in [5.74, 6) is 0.925. The molecule has 5 nitrogen and oxygen atoms in total. The van der Waals surface area contributed by atoms with E-state index in [1.54, 1.807) is 16.3 Å². The van der Waals surface area contributed by atoms with Crippen molar-refractivity contribution in [3.63, 3.8) is 0 Å². The summed E-state index contributed by atoms with van der Waals surface area (Å²) in [6, 6.07) is 5.67. The molecule has 1 aromatic heterocycles. The Balaban J connectivity index is 1.79. The van der Waals surface area contributed by atoms with Gasteiger partial charge in [-0.25, -0.2) is 4.98 Å². The first-order chi connectivity index (χ1) is 11.2. The number of benzene rings is 1. The summed E-state index contributed by atoms with van der Waals surface area (Å²) in [5, 5.41) is 1.47. The van der Waals surface area contributed by atoms with E-state index in [0.717, 1.165) is 53.7 Å². The highest BCUT2D eigenvalue weighted by atomic mass is 79.9. The van der Waals surface area contributed by atoms with Crippen molar-refractivity contribution in [2.45, 2.75) is 18.6 Å². The molecule has 7 heteroatoms. The monoisotopic (exact) mass is 397 g/mol. The van der Waals surface area contributed by atoms with E-state index >= 15 is 0 Å². The Labute approximate surface area is 148 Å². The fourth-order valence-corrected chi connectivity index (χ4v) is 4.08. The normalized spacial score (nSPS) is 16.1. The van der Waals surface area contributed by atoms with E-state index in [4.69, 9.17) is 9.72 Å². The standard InChI is InChI=1S/C16H20BrN3O2S/c1-2-20-15(21)13-11-12(17)3-4-14(13)18-16(20)23-10-7-19-5-8-22-9-6-19/h3-4,11H,2,5-10H2,1H3. The highest BCUT2D eigenvalue weighted by Gasteiger charge is 2.13. The van der Waals surface area contributed by atoms with Crippen molar-refractivity contribution in [3.8, 4) is 0 Å². The Kier molecular flexibility index (Phi) is 5.74. The van der Waals surface area contributed by atoms with E-state index in [1.165, 1.54) is 0 Å². The highest BCUT2D eigenvalue weighted by molar-refractivity contribution is 9.10. The third-order valence-corrected chi connectivity index (χ3v) is 5.39. The summed E-state index contributed by atoms with van der Waals surface area (Å²) in [6.07, 6.45) is 0. The van der Waals surface area contributed by atoms with Crippen molar-refractivity contribution in [2.75, 3.05) is 38.6 Å². The van der Waals surface area contributed by atoms with E-state index in [2.05, 4.69) is 20.8 Å². The van der Waals surface area contributed by atoms with Crippen LogP contribution in [0.2, 0.25) is 0 Å². The largest absolute Gasteiger partial charge is 0.379 e. The summed E-state index contributed by atoms with van der Waals surface area (Å²) in [5.41, 5.74) is 0.796. The first kappa shape index (κ1) is 17.0. The van der Waals surface area contributed by atoms with Gasteiger partial charge in [-0.15, -0.1) is 0 Å². The molecule has 1 saturated heterocycles. The van der Waals surface area contributed by atoms with Gasteiger partial charge in [0.1, 0.15) is 0 Å². The van der Waals surface area contributed by atoms with Crippen LogP contribution in [0.5, 0.6) is 0 Å². The van der Waals surface area contributed by atoms with Crippen LogP contribution in [0.25, 0.3) is 10.9 Å². The molecule has 0 saturated carbocycles. The van der Waals surface area contributed by atoms with Gasteiger partial charge in [-0.2, -0.15) is 0 Å². The second-order valence-electron chi connectivity index (χ2n) is 5.41. The summed E-state index contributed by atoms with van der Waals surface area (Å²) in [7, 11) is 0. The van der Waals surface area contributed by atoms with Crippen LogP contribution in [0, 0.1) is 0 Å². The molecule has 0 atom stereocenters. The van der Waals surface area contributed by atoms with Gasteiger partial charge in [0, 0.05) is 36.4 Å². The first-order valence-corrected chi connectivity index (χ1v) is 9.60. The molecule has 2 heterocycles. The lowest BCUT2D eigenvalue weighted by Crippen LogP contribution is -2.37. The number of aromatic nitrogens is 2. The van der Waals surface area contributed by atoms with Crippen molar-refractivity contribution < 1.29 is 4.74 Å². The predicted molar refractivity (Wildman–Crippen MR) is 97.4 cm³/mol. The Bertz CT molecular complexity index is 744. The van der Waals surface area contributed by atoms with Crippen molar-refractivity contribution >= 4 is 38.6 Å². The summed E-state index contributed by atoms with van der Waals surface area (Å²) in [6.45, 7) is 7.21. The van der Waals surface area contributed by atoms with E-state index in [-0.39, 0.29) is 5.56 Å². The van der Waals surface area contributed by atoms with Crippen LogP contribution in [0.4, 0.5) is 0 Å². The molecule has 2 aromatic rings.